The van der Waals surface area contributed by atoms with Gasteiger partial charge in [0.2, 0.25) is 0 Å². The number of nitriles is 1. The third kappa shape index (κ3) is 2.11. The van der Waals surface area contributed by atoms with Gasteiger partial charge in [0.15, 0.2) is 0 Å². The highest BCUT2D eigenvalue weighted by atomic mass is 16.2. The molecule has 1 atom stereocenters. The van der Waals surface area contributed by atoms with E-state index in [0.29, 0.717) is 23.5 Å². The molecule has 1 aromatic rings. The van der Waals surface area contributed by atoms with Crippen LogP contribution < -0.4 is 0 Å². The molecule has 2 heterocycles. The lowest BCUT2D eigenvalue weighted by Gasteiger charge is -2.20. The number of amides is 1. The van der Waals surface area contributed by atoms with E-state index in [-0.39, 0.29) is 11.9 Å². The second kappa shape index (κ2) is 4.50. The van der Waals surface area contributed by atoms with E-state index in [4.69, 9.17) is 5.26 Å². The third-order valence-corrected chi connectivity index (χ3v) is 2.99. The maximum atomic E-state index is 12.3. The van der Waals surface area contributed by atoms with Crippen molar-refractivity contribution in [3.63, 3.8) is 0 Å². The second-order valence-electron chi connectivity index (χ2n) is 4.27. The fourth-order valence-corrected chi connectivity index (χ4v) is 2.07. The summed E-state index contributed by atoms with van der Waals surface area (Å²) in [5.41, 5.74) is 1.88. The Hall–Kier alpha value is -1.96. The van der Waals surface area contributed by atoms with Crippen molar-refractivity contribution < 1.29 is 4.79 Å². The van der Waals surface area contributed by atoms with Gasteiger partial charge in [-0.3, -0.25) is 4.79 Å². The van der Waals surface area contributed by atoms with Crippen molar-refractivity contribution in [2.45, 2.75) is 32.7 Å². The predicted octanol–water partition coefficient (Wildman–Crippen LogP) is 1.22. The van der Waals surface area contributed by atoms with Crippen molar-refractivity contribution in [2.75, 3.05) is 6.54 Å². The predicted molar refractivity (Wildman–Crippen MR) is 61.2 cm³/mol. The summed E-state index contributed by atoms with van der Waals surface area (Å²) in [5, 5.41) is 16.8. The Morgan fingerprint density at radius 3 is 3.00 bits per heavy atom. The molecule has 1 amide bonds. The van der Waals surface area contributed by atoms with Crippen LogP contribution in [0, 0.1) is 25.2 Å². The molecule has 5 nitrogen and oxygen atoms in total. The normalized spacial score (nSPS) is 19.1. The van der Waals surface area contributed by atoms with Crippen molar-refractivity contribution >= 4 is 5.91 Å². The van der Waals surface area contributed by atoms with Crippen LogP contribution in [0.15, 0.2) is 6.07 Å². The third-order valence-electron chi connectivity index (χ3n) is 2.99. The van der Waals surface area contributed by atoms with Crippen molar-refractivity contribution in [2.24, 2.45) is 0 Å². The van der Waals surface area contributed by atoms with E-state index in [1.807, 2.05) is 0 Å². The van der Waals surface area contributed by atoms with E-state index < -0.39 is 0 Å². The molecule has 1 aliphatic rings. The molecular weight excluding hydrogens is 216 g/mol. The monoisotopic (exact) mass is 230 g/mol. The smallest absolute Gasteiger partial charge is 0.256 e. The molecule has 1 unspecified atom stereocenters. The highest BCUT2D eigenvalue weighted by Gasteiger charge is 2.30. The molecule has 88 valence electrons. The quantitative estimate of drug-likeness (QED) is 0.727. The molecular formula is C12H14N4O. The van der Waals surface area contributed by atoms with Crippen LogP contribution in [0.25, 0.3) is 0 Å². The minimum Gasteiger partial charge on any atom is -0.323 e. The van der Waals surface area contributed by atoms with Gasteiger partial charge in [0, 0.05) is 6.54 Å². The number of hydrogen-bond acceptors (Lipinski definition) is 4. The molecule has 1 aromatic heterocycles. The molecule has 0 aliphatic carbocycles. The molecule has 0 radical (unpaired) electrons. The molecule has 0 N–H and O–H groups in total. The first-order valence-electron chi connectivity index (χ1n) is 5.65. The zero-order valence-corrected chi connectivity index (χ0v) is 9.97. The second-order valence-corrected chi connectivity index (χ2v) is 4.27. The number of rotatable bonds is 1. The topological polar surface area (TPSA) is 69.9 Å². The van der Waals surface area contributed by atoms with Gasteiger partial charge in [-0.1, -0.05) is 0 Å². The van der Waals surface area contributed by atoms with Crippen LogP contribution in [0.5, 0.6) is 0 Å². The fourth-order valence-electron chi connectivity index (χ4n) is 2.07. The summed E-state index contributed by atoms with van der Waals surface area (Å²) in [7, 11) is 0. The maximum absolute atomic E-state index is 12.3. The highest BCUT2D eigenvalue weighted by molar-refractivity contribution is 5.95. The summed E-state index contributed by atoms with van der Waals surface area (Å²) in [4.78, 5) is 13.9. The lowest BCUT2D eigenvalue weighted by molar-refractivity contribution is 0.0763. The molecule has 0 aromatic carbocycles. The Morgan fingerprint density at radius 2 is 2.29 bits per heavy atom. The molecule has 1 aliphatic heterocycles. The Balaban J connectivity index is 2.31. The summed E-state index contributed by atoms with van der Waals surface area (Å²) >= 11 is 0. The van der Waals surface area contributed by atoms with Gasteiger partial charge in [-0.2, -0.15) is 15.5 Å². The number of aryl methyl sites for hydroxylation is 2. The van der Waals surface area contributed by atoms with Gasteiger partial charge >= 0.3 is 0 Å². The van der Waals surface area contributed by atoms with E-state index in [1.165, 1.54) is 0 Å². The molecule has 0 saturated carbocycles. The minimum atomic E-state index is -0.296. The molecule has 1 fully saturated rings. The van der Waals surface area contributed by atoms with Crippen molar-refractivity contribution in [1.82, 2.24) is 15.1 Å². The Bertz CT molecular complexity index is 492. The Morgan fingerprint density at radius 1 is 1.53 bits per heavy atom. The number of likely N-dealkylation sites (tertiary alicyclic amines) is 1. The largest absolute Gasteiger partial charge is 0.323 e. The van der Waals surface area contributed by atoms with Crippen LogP contribution in [0.2, 0.25) is 0 Å². The first-order valence-corrected chi connectivity index (χ1v) is 5.65. The van der Waals surface area contributed by atoms with Crippen LogP contribution in [0.3, 0.4) is 0 Å². The number of nitrogens with zero attached hydrogens (tertiary/aromatic N) is 4. The average molecular weight is 230 g/mol. The maximum Gasteiger partial charge on any atom is 0.256 e. The van der Waals surface area contributed by atoms with Crippen LogP contribution >= 0.6 is 0 Å². The van der Waals surface area contributed by atoms with E-state index in [1.54, 1.807) is 24.8 Å². The summed E-state index contributed by atoms with van der Waals surface area (Å²) in [5.74, 6) is -0.107. The van der Waals surface area contributed by atoms with Gasteiger partial charge in [-0.15, -0.1) is 0 Å². The number of carbonyl (C=O) groups excluding carboxylic acids is 1. The Kier molecular flexibility index (Phi) is 3.05. The van der Waals surface area contributed by atoms with Gasteiger partial charge in [-0.25, -0.2) is 0 Å². The van der Waals surface area contributed by atoms with E-state index in [2.05, 4.69) is 16.3 Å². The van der Waals surface area contributed by atoms with E-state index in [0.717, 1.165) is 12.8 Å². The van der Waals surface area contributed by atoms with Crippen molar-refractivity contribution in [3.05, 3.63) is 23.0 Å². The highest BCUT2D eigenvalue weighted by Crippen LogP contribution is 2.20. The first-order chi connectivity index (χ1) is 8.13. The van der Waals surface area contributed by atoms with Crippen molar-refractivity contribution in [3.8, 4) is 6.07 Å². The summed E-state index contributed by atoms with van der Waals surface area (Å²) in [6.07, 6.45) is 1.65. The fraction of sp³-hybridized carbons (Fsp3) is 0.500. The first kappa shape index (κ1) is 11.5. The van der Waals surface area contributed by atoms with Crippen LogP contribution in [0.1, 0.15) is 34.6 Å². The van der Waals surface area contributed by atoms with Gasteiger partial charge in [0.05, 0.1) is 23.0 Å². The molecule has 2 rings (SSSR count). The Labute approximate surface area is 100 Å². The van der Waals surface area contributed by atoms with E-state index >= 15 is 0 Å². The number of carbonyl (C=O) groups is 1. The van der Waals surface area contributed by atoms with Crippen LogP contribution in [0.4, 0.5) is 0 Å². The number of hydrogen-bond donors (Lipinski definition) is 0. The van der Waals surface area contributed by atoms with E-state index in [9.17, 15) is 4.79 Å². The summed E-state index contributed by atoms with van der Waals surface area (Å²) in [6, 6.07) is 3.61. The lowest BCUT2D eigenvalue weighted by atomic mass is 10.1. The summed E-state index contributed by atoms with van der Waals surface area (Å²) in [6.45, 7) is 4.21. The zero-order chi connectivity index (χ0) is 12.4. The number of aromatic nitrogens is 2. The zero-order valence-electron chi connectivity index (χ0n) is 9.97. The molecule has 17 heavy (non-hydrogen) atoms. The SMILES string of the molecule is Cc1cc(C(=O)N2CCCC2C#N)c(C)nn1. The average Bonchev–Trinajstić information content (AvgIpc) is 2.79. The van der Waals surface area contributed by atoms with Gasteiger partial charge in [0.1, 0.15) is 6.04 Å². The van der Waals surface area contributed by atoms with Gasteiger partial charge in [-0.05, 0) is 32.8 Å². The minimum absolute atomic E-state index is 0.107. The molecule has 0 spiro atoms. The molecule has 5 heteroatoms. The van der Waals surface area contributed by atoms with Gasteiger partial charge in [0.25, 0.3) is 5.91 Å². The van der Waals surface area contributed by atoms with Gasteiger partial charge < -0.3 is 4.90 Å². The van der Waals surface area contributed by atoms with Crippen LogP contribution in [-0.2, 0) is 0 Å². The standard InChI is InChI=1S/C12H14N4O/c1-8-6-11(9(2)15-14-8)12(17)16-5-3-4-10(16)7-13/h6,10H,3-5H2,1-2H3. The van der Waals surface area contributed by atoms with Crippen molar-refractivity contribution in [1.29, 1.82) is 5.26 Å². The lowest BCUT2D eigenvalue weighted by Crippen LogP contribution is -2.35. The molecule has 1 saturated heterocycles. The van der Waals surface area contributed by atoms with Crippen LogP contribution in [-0.4, -0.2) is 33.6 Å². The molecule has 0 bridgehead atoms. The summed E-state index contributed by atoms with van der Waals surface area (Å²) < 4.78 is 0.